The predicted molar refractivity (Wildman–Crippen MR) is 114 cm³/mol. The van der Waals surface area contributed by atoms with Gasteiger partial charge in [0.25, 0.3) is 5.91 Å². The van der Waals surface area contributed by atoms with Crippen LogP contribution in [-0.4, -0.2) is 68.2 Å². The molecule has 8 heteroatoms. The number of urea groups is 1. The van der Waals surface area contributed by atoms with Crippen LogP contribution in [0.25, 0.3) is 0 Å². The molecule has 0 N–H and O–H groups in total. The van der Waals surface area contributed by atoms with E-state index in [1.165, 1.54) is 4.90 Å². The molecule has 2 unspecified atom stereocenters. The SMILES string of the molecule is CCN1C(n2nc(C)cc2C)=NC2C1C(=O)N(Cc1cc(C)ccc1C)C(=O)N2C. The molecule has 2 aromatic rings. The van der Waals surface area contributed by atoms with Crippen LogP contribution in [0.3, 0.4) is 0 Å². The fourth-order valence-electron chi connectivity index (χ4n) is 4.30. The molecule has 0 aliphatic carbocycles. The molecule has 30 heavy (non-hydrogen) atoms. The fraction of sp³-hybridized carbons (Fsp3) is 0.455. The third-order valence-electron chi connectivity index (χ3n) is 5.94. The number of hydrogen-bond acceptors (Lipinski definition) is 5. The Hall–Kier alpha value is -3.16. The van der Waals surface area contributed by atoms with Crippen LogP contribution in [0.15, 0.2) is 29.3 Å². The molecule has 1 fully saturated rings. The van der Waals surface area contributed by atoms with Crippen molar-refractivity contribution in [3.63, 3.8) is 0 Å². The lowest BCUT2D eigenvalue weighted by molar-refractivity contribution is -0.138. The summed E-state index contributed by atoms with van der Waals surface area (Å²) in [7, 11) is 1.71. The maximum absolute atomic E-state index is 13.5. The summed E-state index contributed by atoms with van der Waals surface area (Å²) in [6, 6.07) is 7.19. The number of imide groups is 1. The molecule has 1 aromatic heterocycles. The summed E-state index contributed by atoms with van der Waals surface area (Å²) >= 11 is 0. The molecule has 2 atom stereocenters. The van der Waals surface area contributed by atoms with Gasteiger partial charge in [0.1, 0.15) is 0 Å². The number of amides is 3. The number of aliphatic imine (C=N–C) groups is 1. The first-order valence-electron chi connectivity index (χ1n) is 10.2. The average Bonchev–Trinajstić information content (AvgIpc) is 3.25. The van der Waals surface area contributed by atoms with Crippen molar-refractivity contribution in [2.45, 2.75) is 53.4 Å². The molecule has 158 valence electrons. The lowest BCUT2D eigenvalue weighted by atomic mass is 10.0. The molecule has 4 rings (SSSR count). The quantitative estimate of drug-likeness (QED) is 0.782. The van der Waals surface area contributed by atoms with Gasteiger partial charge >= 0.3 is 6.03 Å². The second kappa shape index (κ2) is 7.27. The molecule has 0 radical (unpaired) electrons. The standard InChI is InChI=1S/C22H28N6O2/c1-7-26-18-19(23-21(26)28-16(5)11-15(4)24-28)25(6)22(30)27(20(18)29)12-17-10-13(2)8-9-14(17)3/h8-11,18-19H,7,12H2,1-6H3. The third-order valence-corrected chi connectivity index (χ3v) is 5.94. The number of nitrogens with zero attached hydrogens (tertiary/aromatic N) is 6. The Morgan fingerprint density at radius 1 is 1.07 bits per heavy atom. The Labute approximate surface area is 176 Å². The van der Waals surface area contributed by atoms with E-state index < -0.39 is 12.2 Å². The molecule has 2 aliphatic rings. The second-order valence-corrected chi connectivity index (χ2v) is 8.16. The Morgan fingerprint density at radius 2 is 1.80 bits per heavy atom. The van der Waals surface area contributed by atoms with E-state index >= 15 is 0 Å². The summed E-state index contributed by atoms with van der Waals surface area (Å²) in [4.78, 5) is 36.3. The van der Waals surface area contributed by atoms with Crippen molar-refractivity contribution in [1.29, 1.82) is 0 Å². The number of rotatable bonds is 3. The molecule has 2 aliphatic heterocycles. The average molecular weight is 409 g/mol. The molecule has 3 heterocycles. The van der Waals surface area contributed by atoms with E-state index in [2.05, 4.69) is 5.10 Å². The maximum Gasteiger partial charge on any atom is 0.328 e. The number of carbonyl (C=O) groups is 2. The van der Waals surface area contributed by atoms with Crippen LogP contribution >= 0.6 is 0 Å². The normalized spacial score (nSPS) is 21.4. The first-order chi connectivity index (χ1) is 14.2. The van der Waals surface area contributed by atoms with Crippen molar-refractivity contribution in [2.24, 2.45) is 4.99 Å². The van der Waals surface area contributed by atoms with E-state index in [9.17, 15) is 9.59 Å². The highest BCUT2D eigenvalue weighted by Crippen LogP contribution is 2.30. The van der Waals surface area contributed by atoms with E-state index in [1.807, 2.05) is 63.8 Å². The van der Waals surface area contributed by atoms with E-state index in [4.69, 9.17) is 4.99 Å². The molecule has 1 saturated heterocycles. The second-order valence-electron chi connectivity index (χ2n) is 8.16. The van der Waals surface area contributed by atoms with Gasteiger partial charge in [-0.2, -0.15) is 5.10 Å². The molecule has 8 nitrogen and oxygen atoms in total. The number of aryl methyl sites for hydroxylation is 4. The van der Waals surface area contributed by atoms with Crippen molar-refractivity contribution in [1.82, 2.24) is 24.5 Å². The summed E-state index contributed by atoms with van der Waals surface area (Å²) in [5, 5.41) is 4.54. The van der Waals surface area contributed by atoms with Gasteiger partial charge in [-0.1, -0.05) is 23.8 Å². The van der Waals surface area contributed by atoms with Crippen LogP contribution in [0.2, 0.25) is 0 Å². The summed E-state index contributed by atoms with van der Waals surface area (Å²) < 4.78 is 1.76. The molecule has 0 spiro atoms. The van der Waals surface area contributed by atoms with Crippen LogP contribution in [-0.2, 0) is 11.3 Å². The van der Waals surface area contributed by atoms with Gasteiger partial charge in [-0.05, 0) is 51.8 Å². The lowest BCUT2D eigenvalue weighted by Crippen LogP contribution is -2.64. The Bertz CT molecular complexity index is 1060. The largest absolute Gasteiger partial charge is 0.328 e. The van der Waals surface area contributed by atoms with Crippen LogP contribution in [0.1, 0.15) is 35.0 Å². The van der Waals surface area contributed by atoms with Crippen molar-refractivity contribution in [3.05, 3.63) is 52.3 Å². The highest BCUT2D eigenvalue weighted by atomic mass is 16.2. The first-order valence-corrected chi connectivity index (χ1v) is 10.2. The van der Waals surface area contributed by atoms with Gasteiger partial charge in [0.15, 0.2) is 12.2 Å². The predicted octanol–water partition coefficient (Wildman–Crippen LogP) is 2.45. The third kappa shape index (κ3) is 3.07. The first kappa shape index (κ1) is 20.1. The maximum atomic E-state index is 13.5. The number of benzene rings is 1. The Kier molecular flexibility index (Phi) is 4.88. The van der Waals surface area contributed by atoms with Gasteiger partial charge < -0.3 is 9.80 Å². The van der Waals surface area contributed by atoms with Crippen molar-refractivity contribution in [2.75, 3.05) is 13.6 Å². The number of fused-ring (bicyclic) bond motifs is 1. The van der Waals surface area contributed by atoms with Crippen molar-refractivity contribution < 1.29 is 9.59 Å². The van der Waals surface area contributed by atoms with Crippen molar-refractivity contribution >= 4 is 17.9 Å². The lowest BCUT2D eigenvalue weighted by Gasteiger charge is -2.41. The molecule has 3 amide bonds. The Morgan fingerprint density at radius 3 is 2.43 bits per heavy atom. The van der Waals surface area contributed by atoms with E-state index in [-0.39, 0.29) is 18.5 Å². The number of likely N-dealkylation sites (N-methyl/N-ethyl adjacent to an activating group) is 2. The highest BCUT2D eigenvalue weighted by Gasteiger charge is 2.52. The molecular weight excluding hydrogens is 380 g/mol. The molecule has 0 bridgehead atoms. The van der Waals surface area contributed by atoms with Crippen LogP contribution in [0.4, 0.5) is 4.79 Å². The van der Waals surface area contributed by atoms with Gasteiger partial charge in [0, 0.05) is 19.3 Å². The van der Waals surface area contributed by atoms with Crippen molar-refractivity contribution in [3.8, 4) is 0 Å². The minimum atomic E-state index is -0.557. The summed E-state index contributed by atoms with van der Waals surface area (Å²) in [6.45, 7) is 10.7. The number of hydrogen-bond donors (Lipinski definition) is 0. The Balaban J connectivity index is 1.70. The van der Waals surface area contributed by atoms with Crippen LogP contribution in [0.5, 0.6) is 0 Å². The minimum absolute atomic E-state index is 0.217. The zero-order valence-corrected chi connectivity index (χ0v) is 18.4. The van der Waals surface area contributed by atoms with Gasteiger partial charge in [-0.15, -0.1) is 0 Å². The van der Waals surface area contributed by atoms with E-state index in [1.54, 1.807) is 16.6 Å². The zero-order valence-electron chi connectivity index (χ0n) is 18.4. The fourth-order valence-corrected chi connectivity index (χ4v) is 4.30. The molecule has 1 aromatic carbocycles. The zero-order chi connectivity index (χ0) is 21.7. The number of aromatic nitrogens is 2. The van der Waals surface area contributed by atoms with E-state index in [0.29, 0.717) is 12.5 Å². The molecular formula is C22H28N6O2. The van der Waals surface area contributed by atoms with Gasteiger partial charge in [-0.3, -0.25) is 9.69 Å². The number of carbonyl (C=O) groups excluding carboxylic acids is 2. The summed E-state index contributed by atoms with van der Waals surface area (Å²) in [5.41, 5.74) is 4.96. The van der Waals surface area contributed by atoms with Crippen LogP contribution < -0.4 is 0 Å². The smallest absolute Gasteiger partial charge is 0.325 e. The molecule has 0 saturated carbocycles. The van der Waals surface area contributed by atoms with Gasteiger partial charge in [0.05, 0.1) is 12.2 Å². The van der Waals surface area contributed by atoms with Gasteiger partial charge in [-0.25, -0.2) is 14.5 Å². The summed E-state index contributed by atoms with van der Waals surface area (Å²) in [5.74, 6) is 0.394. The minimum Gasteiger partial charge on any atom is -0.325 e. The van der Waals surface area contributed by atoms with Crippen LogP contribution in [0, 0.1) is 27.7 Å². The highest BCUT2D eigenvalue weighted by molar-refractivity contribution is 6.04. The monoisotopic (exact) mass is 408 g/mol. The summed E-state index contributed by atoms with van der Waals surface area (Å²) in [6.07, 6.45) is -0.557. The van der Waals surface area contributed by atoms with E-state index in [0.717, 1.165) is 28.1 Å². The topological polar surface area (TPSA) is 74.0 Å². The van der Waals surface area contributed by atoms with Gasteiger partial charge in [0.2, 0.25) is 5.96 Å².